The molecule has 5 heteroatoms. The Labute approximate surface area is 121 Å². The minimum atomic E-state index is -2.46. The maximum Gasteiger partial charge on any atom is 0.254 e. The quantitative estimate of drug-likeness (QED) is 0.832. The Morgan fingerprint density at radius 2 is 1.86 bits per heavy atom. The van der Waals surface area contributed by atoms with Gasteiger partial charge in [0, 0.05) is 11.1 Å². The fraction of sp³-hybridized carbons (Fsp3) is 0.188. The number of nitrogens with one attached hydrogen (secondary N) is 1. The molecule has 0 bridgehead atoms. The first-order valence-corrected chi connectivity index (χ1v) is 6.42. The van der Waals surface area contributed by atoms with Crippen LogP contribution in [0.15, 0.2) is 54.6 Å². The van der Waals surface area contributed by atoms with Gasteiger partial charge in [-0.05, 0) is 23.8 Å². The molecule has 110 valence electrons. The average molecular weight is 291 g/mol. The summed E-state index contributed by atoms with van der Waals surface area (Å²) in [6.45, 7) is -1.69. The summed E-state index contributed by atoms with van der Waals surface area (Å²) in [6, 6.07) is 13.7. The molecule has 2 rings (SSSR count). The van der Waals surface area contributed by atoms with Gasteiger partial charge in [-0.2, -0.15) is 0 Å². The molecule has 2 N–H and O–H groups in total. The van der Waals surface area contributed by atoms with Crippen molar-refractivity contribution in [2.45, 2.75) is 12.5 Å². The molecule has 21 heavy (non-hydrogen) atoms. The summed E-state index contributed by atoms with van der Waals surface area (Å²) in [4.78, 5) is 12.0. The van der Waals surface area contributed by atoms with Crippen LogP contribution in [0.5, 0.6) is 0 Å². The minimum Gasteiger partial charge on any atom is -0.391 e. The summed E-state index contributed by atoms with van der Waals surface area (Å²) >= 11 is 0. The molecular formula is C16H15F2NO2. The van der Waals surface area contributed by atoms with Crippen LogP contribution in [-0.2, 0) is 12.5 Å². The fourth-order valence-electron chi connectivity index (χ4n) is 1.95. The minimum absolute atomic E-state index is 0.00410. The summed E-state index contributed by atoms with van der Waals surface area (Å²) in [6.07, 6.45) is 0. The lowest BCUT2D eigenvalue weighted by molar-refractivity contribution is 0.0312. The zero-order valence-electron chi connectivity index (χ0n) is 11.2. The van der Waals surface area contributed by atoms with Crippen molar-refractivity contribution in [3.8, 4) is 0 Å². The highest BCUT2D eigenvalue weighted by atomic mass is 19.1. The molecule has 0 spiro atoms. The Balaban J connectivity index is 2.26. The van der Waals surface area contributed by atoms with E-state index in [1.54, 1.807) is 18.2 Å². The maximum absolute atomic E-state index is 14.8. The second kappa shape index (κ2) is 6.45. The third-order valence-electron chi connectivity index (χ3n) is 3.10. The van der Waals surface area contributed by atoms with Crippen LogP contribution in [0.2, 0.25) is 0 Å². The van der Waals surface area contributed by atoms with Gasteiger partial charge in [-0.1, -0.05) is 36.4 Å². The summed E-state index contributed by atoms with van der Waals surface area (Å²) in [5, 5.41) is 11.5. The predicted octanol–water partition coefficient (Wildman–Crippen LogP) is 2.70. The average Bonchev–Trinajstić information content (AvgIpc) is 2.55. The lowest BCUT2D eigenvalue weighted by Gasteiger charge is -2.25. The SMILES string of the molecule is O=C(NC(F)(CO)c1cccc(CF)c1)c1ccccc1. The van der Waals surface area contributed by atoms with Crippen LogP contribution in [0.3, 0.4) is 0 Å². The van der Waals surface area contributed by atoms with Crippen LogP contribution in [0.25, 0.3) is 0 Å². The molecule has 1 amide bonds. The molecule has 0 aliphatic carbocycles. The number of hydrogen-bond donors (Lipinski definition) is 2. The zero-order valence-corrected chi connectivity index (χ0v) is 11.2. The number of carbonyl (C=O) groups is 1. The van der Waals surface area contributed by atoms with E-state index in [0.29, 0.717) is 0 Å². The second-order valence-electron chi connectivity index (χ2n) is 4.61. The lowest BCUT2D eigenvalue weighted by atomic mass is 10.0. The number of rotatable bonds is 5. The van der Waals surface area contributed by atoms with E-state index < -0.39 is 25.0 Å². The van der Waals surface area contributed by atoms with Crippen molar-refractivity contribution in [2.24, 2.45) is 0 Å². The van der Waals surface area contributed by atoms with E-state index in [0.717, 1.165) is 0 Å². The zero-order chi connectivity index (χ0) is 15.3. The van der Waals surface area contributed by atoms with Crippen molar-refractivity contribution >= 4 is 5.91 Å². The Morgan fingerprint density at radius 1 is 1.14 bits per heavy atom. The molecule has 1 unspecified atom stereocenters. The largest absolute Gasteiger partial charge is 0.391 e. The monoisotopic (exact) mass is 291 g/mol. The van der Waals surface area contributed by atoms with E-state index in [-0.39, 0.29) is 16.7 Å². The van der Waals surface area contributed by atoms with Crippen molar-refractivity contribution in [3.63, 3.8) is 0 Å². The van der Waals surface area contributed by atoms with E-state index in [4.69, 9.17) is 0 Å². The molecule has 2 aromatic carbocycles. The molecule has 0 heterocycles. The number of carbonyl (C=O) groups excluding carboxylic acids is 1. The van der Waals surface area contributed by atoms with Crippen molar-refractivity contribution in [1.29, 1.82) is 0 Å². The van der Waals surface area contributed by atoms with Crippen molar-refractivity contribution in [1.82, 2.24) is 5.32 Å². The number of hydrogen-bond acceptors (Lipinski definition) is 2. The number of halogens is 2. The highest BCUT2D eigenvalue weighted by Gasteiger charge is 2.33. The summed E-state index contributed by atoms with van der Waals surface area (Å²) < 4.78 is 27.5. The van der Waals surface area contributed by atoms with Gasteiger partial charge in [0.2, 0.25) is 5.79 Å². The number of alkyl halides is 2. The predicted molar refractivity (Wildman–Crippen MR) is 75.0 cm³/mol. The van der Waals surface area contributed by atoms with Gasteiger partial charge in [-0.3, -0.25) is 4.79 Å². The Kier molecular flexibility index (Phi) is 4.65. The maximum atomic E-state index is 14.8. The Hall–Kier alpha value is -2.27. The number of aliphatic hydroxyl groups excluding tert-OH is 1. The molecule has 1 atom stereocenters. The first-order valence-electron chi connectivity index (χ1n) is 6.42. The first kappa shape index (κ1) is 15.1. The second-order valence-corrected chi connectivity index (χ2v) is 4.61. The number of aliphatic hydroxyl groups is 1. The third kappa shape index (κ3) is 3.44. The summed E-state index contributed by atoms with van der Waals surface area (Å²) in [5.41, 5.74) is 0.552. The van der Waals surface area contributed by atoms with Gasteiger partial charge in [0.1, 0.15) is 13.3 Å². The van der Waals surface area contributed by atoms with Crippen molar-refractivity contribution < 1.29 is 18.7 Å². The molecule has 0 saturated heterocycles. The normalized spacial score (nSPS) is 13.5. The standard InChI is InChI=1S/C16H15F2NO2/c17-10-12-5-4-8-14(9-12)16(18,11-20)19-15(21)13-6-2-1-3-7-13/h1-9,20H,10-11H2,(H,19,21). The van der Waals surface area contributed by atoms with Crippen LogP contribution in [0.4, 0.5) is 8.78 Å². The molecule has 0 radical (unpaired) electrons. The van der Waals surface area contributed by atoms with E-state index in [2.05, 4.69) is 5.32 Å². The van der Waals surface area contributed by atoms with E-state index in [9.17, 15) is 18.7 Å². The van der Waals surface area contributed by atoms with Crippen LogP contribution >= 0.6 is 0 Å². The lowest BCUT2D eigenvalue weighted by Crippen LogP contribution is -2.45. The van der Waals surface area contributed by atoms with E-state index in [1.165, 1.54) is 36.4 Å². The first-order chi connectivity index (χ1) is 10.1. The fourth-order valence-corrected chi connectivity index (χ4v) is 1.95. The highest BCUT2D eigenvalue weighted by Crippen LogP contribution is 2.24. The van der Waals surface area contributed by atoms with Crippen molar-refractivity contribution in [3.05, 3.63) is 71.3 Å². The third-order valence-corrected chi connectivity index (χ3v) is 3.10. The highest BCUT2D eigenvalue weighted by molar-refractivity contribution is 5.94. The van der Waals surface area contributed by atoms with Crippen LogP contribution in [0.1, 0.15) is 21.5 Å². The molecule has 0 fully saturated rings. The van der Waals surface area contributed by atoms with Gasteiger partial charge in [0.05, 0.1) is 0 Å². The van der Waals surface area contributed by atoms with E-state index >= 15 is 0 Å². The van der Waals surface area contributed by atoms with Crippen molar-refractivity contribution in [2.75, 3.05) is 6.61 Å². The van der Waals surface area contributed by atoms with Gasteiger partial charge in [0.25, 0.3) is 5.91 Å². The van der Waals surface area contributed by atoms with E-state index in [1.807, 2.05) is 0 Å². The number of benzene rings is 2. The number of amides is 1. The van der Waals surface area contributed by atoms with Crippen LogP contribution in [0, 0.1) is 0 Å². The summed E-state index contributed by atoms with van der Waals surface area (Å²) in [5.74, 6) is -3.12. The Morgan fingerprint density at radius 3 is 2.48 bits per heavy atom. The molecule has 2 aromatic rings. The molecular weight excluding hydrogens is 276 g/mol. The van der Waals surface area contributed by atoms with Gasteiger partial charge < -0.3 is 10.4 Å². The molecule has 0 aliphatic heterocycles. The molecule has 0 aliphatic rings. The molecule has 0 saturated carbocycles. The Bertz CT molecular complexity index is 619. The van der Waals surface area contributed by atoms with Gasteiger partial charge in [-0.15, -0.1) is 0 Å². The van der Waals surface area contributed by atoms with Gasteiger partial charge in [-0.25, -0.2) is 8.78 Å². The van der Waals surface area contributed by atoms with Crippen LogP contribution in [-0.4, -0.2) is 17.6 Å². The summed E-state index contributed by atoms with van der Waals surface area (Å²) in [7, 11) is 0. The topological polar surface area (TPSA) is 49.3 Å². The smallest absolute Gasteiger partial charge is 0.254 e. The van der Waals surface area contributed by atoms with Gasteiger partial charge in [0.15, 0.2) is 0 Å². The van der Waals surface area contributed by atoms with Crippen LogP contribution < -0.4 is 5.32 Å². The molecule has 3 nitrogen and oxygen atoms in total. The van der Waals surface area contributed by atoms with Gasteiger partial charge >= 0.3 is 0 Å². The molecule has 0 aromatic heterocycles.